The molecule has 8 nitrogen and oxygen atoms in total. The van der Waals surface area contributed by atoms with Crippen LogP contribution in [0.15, 0.2) is 23.1 Å². The first-order chi connectivity index (χ1) is 12.9. The predicted molar refractivity (Wildman–Crippen MR) is 107 cm³/mol. The van der Waals surface area contributed by atoms with Crippen molar-refractivity contribution in [3.05, 3.63) is 39.3 Å². The second kappa shape index (κ2) is 8.38. The number of nitrogens with zero attached hydrogens (tertiary/aromatic N) is 2. The largest absolute Gasteiger partial charge is 0.448 e. The molecule has 0 aliphatic carbocycles. The Kier molecular flexibility index (Phi) is 6.58. The summed E-state index contributed by atoms with van der Waals surface area (Å²) in [6.45, 7) is 6.67. The molecule has 1 N–H and O–H groups in total. The van der Waals surface area contributed by atoms with E-state index in [2.05, 4.69) is 10.3 Å². The number of anilines is 1. The van der Waals surface area contributed by atoms with Crippen molar-refractivity contribution in [1.29, 1.82) is 0 Å². The highest BCUT2D eigenvalue weighted by molar-refractivity contribution is 7.89. The van der Waals surface area contributed by atoms with Crippen LogP contribution in [0.2, 0.25) is 0 Å². The molecule has 10 heteroatoms. The van der Waals surface area contributed by atoms with Gasteiger partial charge in [0.15, 0.2) is 6.10 Å². The standard InChI is InChI=1S/C18H23N3O5S2/c1-10-7-8-14(28(24,25)21(5)6)9-15(10)20-17(22)12(3)26-18(23)16-11(2)19-13(4)27-16/h7-9,12H,1-6H3,(H,20,22). The Hall–Kier alpha value is -2.30. The number of nitrogens with one attached hydrogen (secondary N) is 1. The Morgan fingerprint density at radius 1 is 1.21 bits per heavy atom. The van der Waals surface area contributed by atoms with E-state index < -0.39 is 28.0 Å². The summed E-state index contributed by atoms with van der Waals surface area (Å²) in [7, 11) is -0.781. The van der Waals surface area contributed by atoms with Crippen molar-refractivity contribution in [2.24, 2.45) is 0 Å². The lowest BCUT2D eigenvalue weighted by Crippen LogP contribution is -2.30. The number of rotatable bonds is 6. The summed E-state index contributed by atoms with van der Waals surface area (Å²) in [4.78, 5) is 29.3. The molecule has 0 aliphatic heterocycles. The Bertz CT molecular complexity index is 1010. The molecular formula is C18H23N3O5S2. The average Bonchev–Trinajstić information content (AvgIpc) is 2.94. The molecule has 0 saturated heterocycles. The van der Waals surface area contributed by atoms with Gasteiger partial charge in [-0.15, -0.1) is 11.3 Å². The molecule has 1 atom stereocenters. The summed E-state index contributed by atoms with van der Waals surface area (Å²) in [6.07, 6.45) is -1.07. The van der Waals surface area contributed by atoms with Crippen molar-refractivity contribution < 1.29 is 22.7 Å². The van der Waals surface area contributed by atoms with Gasteiger partial charge in [0, 0.05) is 19.8 Å². The number of carbonyl (C=O) groups excluding carboxylic acids is 2. The quantitative estimate of drug-likeness (QED) is 0.713. The lowest BCUT2D eigenvalue weighted by atomic mass is 10.2. The molecule has 0 bridgehead atoms. The molecule has 2 aromatic rings. The van der Waals surface area contributed by atoms with Gasteiger partial charge >= 0.3 is 5.97 Å². The second-order valence-electron chi connectivity index (χ2n) is 6.45. The third-order valence-corrected chi connectivity index (χ3v) is 6.85. The third-order valence-electron chi connectivity index (χ3n) is 3.99. The van der Waals surface area contributed by atoms with Crippen molar-refractivity contribution in [1.82, 2.24) is 9.29 Å². The molecule has 0 aliphatic rings. The van der Waals surface area contributed by atoms with E-state index in [-0.39, 0.29) is 4.90 Å². The predicted octanol–water partition coefficient (Wildman–Crippen LogP) is 2.50. The Labute approximate surface area is 168 Å². The molecule has 1 aromatic carbocycles. The summed E-state index contributed by atoms with van der Waals surface area (Å²) in [5.41, 5.74) is 1.57. The fraction of sp³-hybridized carbons (Fsp3) is 0.389. The van der Waals surface area contributed by atoms with Crippen LogP contribution in [0.4, 0.5) is 5.69 Å². The smallest absolute Gasteiger partial charge is 0.351 e. The van der Waals surface area contributed by atoms with Gasteiger partial charge < -0.3 is 10.1 Å². The van der Waals surface area contributed by atoms with E-state index in [1.165, 1.54) is 44.5 Å². The van der Waals surface area contributed by atoms with E-state index in [0.717, 1.165) is 9.31 Å². The SMILES string of the molecule is Cc1nc(C)c(C(=O)OC(C)C(=O)Nc2cc(S(=O)(=O)N(C)C)ccc2C)s1. The van der Waals surface area contributed by atoms with Crippen LogP contribution < -0.4 is 5.32 Å². The molecule has 152 valence electrons. The molecular weight excluding hydrogens is 402 g/mol. The van der Waals surface area contributed by atoms with Crippen LogP contribution in [0.1, 0.15) is 32.9 Å². The first-order valence-electron chi connectivity index (χ1n) is 8.42. The van der Waals surface area contributed by atoms with E-state index in [1.54, 1.807) is 26.8 Å². The average molecular weight is 426 g/mol. The lowest BCUT2D eigenvalue weighted by Gasteiger charge is -2.16. The first kappa shape index (κ1) is 22.0. The highest BCUT2D eigenvalue weighted by Crippen LogP contribution is 2.23. The zero-order chi connectivity index (χ0) is 21.2. The normalized spacial score (nSPS) is 12.7. The third kappa shape index (κ3) is 4.75. The molecule has 0 fully saturated rings. The number of benzene rings is 1. The molecule has 1 heterocycles. The van der Waals surface area contributed by atoms with E-state index >= 15 is 0 Å². The highest BCUT2D eigenvalue weighted by Gasteiger charge is 2.24. The van der Waals surface area contributed by atoms with Crippen molar-refractivity contribution in [3.8, 4) is 0 Å². The van der Waals surface area contributed by atoms with Crippen LogP contribution in [-0.2, 0) is 19.6 Å². The maximum absolute atomic E-state index is 12.5. The number of hydrogen-bond acceptors (Lipinski definition) is 7. The van der Waals surface area contributed by atoms with Gasteiger partial charge in [0.2, 0.25) is 10.0 Å². The zero-order valence-electron chi connectivity index (χ0n) is 16.6. The molecule has 1 unspecified atom stereocenters. The minimum atomic E-state index is -3.64. The van der Waals surface area contributed by atoms with Gasteiger partial charge in [-0.1, -0.05) is 6.07 Å². The van der Waals surface area contributed by atoms with Crippen LogP contribution >= 0.6 is 11.3 Å². The molecule has 28 heavy (non-hydrogen) atoms. The number of aromatic nitrogens is 1. The number of aryl methyl sites for hydroxylation is 3. The minimum absolute atomic E-state index is 0.0545. The van der Waals surface area contributed by atoms with Gasteiger partial charge in [0.25, 0.3) is 5.91 Å². The summed E-state index contributed by atoms with van der Waals surface area (Å²) in [6, 6.07) is 4.46. The number of thiazole rings is 1. The number of esters is 1. The fourth-order valence-corrected chi connectivity index (χ4v) is 4.06. The number of hydrogen-bond donors (Lipinski definition) is 1. The Morgan fingerprint density at radius 2 is 1.86 bits per heavy atom. The van der Waals surface area contributed by atoms with Gasteiger partial charge in [0.1, 0.15) is 4.88 Å². The van der Waals surface area contributed by atoms with Crippen molar-refractivity contribution in [2.45, 2.75) is 38.7 Å². The zero-order valence-corrected chi connectivity index (χ0v) is 18.2. The molecule has 2 rings (SSSR count). The summed E-state index contributed by atoms with van der Waals surface area (Å²) in [5.74, 6) is -1.18. The van der Waals surface area contributed by atoms with Gasteiger partial charge in [-0.3, -0.25) is 4.79 Å². The lowest BCUT2D eigenvalue weighted by molar-refractivity contribution is -0.123. The van der Waals surface area contributed by atoms with Gasteiger partial charge in [0.05, 0.1) is 15.6 Å². The summed E-state index contributed by atoms with van der Waals surface area (Å²) < 4.78 is 30.9. The van der Waals surface area contributed by atoms with Gasteiger partial charge in [-0.2, -0.15) is 0 Å². The monoisotopic (exact) mass is 425 g/mol. The molecule has 0 saturated carbocycles. The van der Waals surface area contributed by atoms with E-state index in [4.69, 9.17) is 4.74 Å². The maximum atomic E-state index is 12.5. The van der Waals surface area contributed by atoms with Crippen LogP contribution in [0.5, 0.6) is 0 Å². The van der Waals surface area contributed by atoms with E-state index in [1.807, 2.05) is 0 Å². The molecule has 0 spiro atoms. The minimum Gasteiger partial charge on any atom is -0.448 e. The van der Waals surface area contributed by atoms with Gasteiger partial charge in [-0.25, -0.2) is 22.5 Å². The van der Waals surface area contributed by atoms with E-state index in [9.17, 15) is 18.0 Å². The molecule has 0 radical (unpaired) electrons. The van der Waals surface area contributed by atoms with E-state index in [0.29, 0.717) is 21.8 Å². The van der Waals surface area contributed by atoms with Crippen LogP contribution in [-0.4, -0.2) is 49.8 Å². The number of sulfonamides is 1. The summed E-state index contributed by atoms with van der Waals surface area (Å²) >= 11 is 1.20. The van der Waals surface area contributed by atoms with Crippen molar-refractivity contribution in [3.63, 3.8) is 0 Å². The Morgan fingerprint density at radius 3 is 2.39 bits per heavy atom. The Balaban J connectivity index is 2.16. The number of amides is 1. The van der Waals surface area contributed by atoms with Crippen LogP contribution in [0.25, 0.3) is 0 Å². The van der Waals surface area contributed by atoms with Crippen molar-refractivity contribution >= 4 is 38.9 Å². The van der Waals surface area contributed by atoms with Crippen molar-refractivity contribution in [2.75, 3.05) is 19.4 Å². The summed E-state index contributed by atoms with van der Waals surface area (Å²) in [5, 5.41) is 3.36. The topological polar surface area (TPSA) is 106 Å². The van der Waals surface area contributed by atoms with Crippen LogP contribution in [0, 0.1) is 20.8 Å². The van der Waals surface area contributed by atoms with Crippen LogP contribution in [0.3, 0.4) is 0 Å². The van der Waals surface area contributed by atoms with Gasteiger partial charge in [-0.05, 0) is 45.4 Å². The first-order valence-corrected chi connectivity index (χ1v) is 10.7. The molecule has 1 aromatic heterocycles. The second-order valence-corrected chi connectivity index (χ2v) is 9.80. The maximum Gasteiger partial charge on any atom is 0.351 e. The highest BCUT2D eigenvalue weighted by atomic mass is 32.2. The molecule has 1 amide bonds. The fourth-order valence-electron chi connectivity index (χ4n) is 2.33. The number of ether oxygens (including phenoxy) is 1. The number of carbonyl (C=O) groups is 2.